The van der Waals surface area contributed by atoms with E-state index in [4.69, 9.17) is 0 Å². The third kappa shape index (κ3) is 4.77. The molecular weight excluding hydrogens is 335 g/mol. The van der Waals surface area contributed by atoms with Gasteiger partial charge in [-0.15, -0.1) is 11.8 Å². The van der Waals surface area contributed by atoms with E-state index in [0.29, 0.717) is 0 Å². The Labute approximate surface area is 143 Å². The van der Waals surface area contributed by atoms with E-state index in [-0.39, 0.29) is 23.8 Å². The Hall–Kier alpha value is -1.95. The van der Waals surface area contributed by atoms with E-state index in [1.54, 1.807) is 6.07 Å². The van der Waals surface area contributed by atoms with E-state index in [0.717, 1.165) is 16.5 Å². The number of benzene rings is 2. The van der Waals surface area contributed by atoms with Crippen LogP contribution < -0.4 is 0 Å². The number of hydrogen-bond donors (Lipinski definition) is 0. The predicted octanol–water partition coefficient (Wildman–Crippen LogP) is 4.76. The molecule has 2 aromatic carbocycles. The Kier molecular flexibility index (Phi) is 5.94. The number of rotatable bonds is 5. The van der Waals surface area contributed by atoms with Crippen LogP contribution >= 0.6 is 11.8 Å². The fourth-order valence-corrected chi connectivity index (χ4v) is 3.22. The molecule has 0 unspecified atom stereocenters. The van der Waals surface area contributed by atoms with E-state index in [9.17, 15) is 18.0 Å². The summed E-state index contributed by atoms with van der Waals surface area (Å²) in [6, 6.07) is 13.0. The molecule has 0 saturated heterocycles. The van der Waals surface area contributed by atoms with Crippen molar-refractivity contribution >= 4 is 17.7 Å². The van der Waals surface area contributed by atoms with Crippen LogP contribution in [0.25, 0.3) is 0 Å². The highest BCUT2D eigenvalue weighted by atomic mass is 32.2. The fraction of sp³-hybridized carbons (Fsp3) is 0.278. The van der Waals surface area contributed by atoms with Gasteiger partial charge in [0.1, 0.15) is 0 Å². The van der Waals surface area contributed by atoms with Gasteiger partial charge in [-0.1, -0.05) is 36.4 Å². The van der Waals surface area contributed by atoms with Crippen LogP contribution in [0.3, 0.4) is 0 Å². The van der Waals surface area contributed by atoms with Crippen molar-refractivity contribution in [2.75, 3.05) is 12.8 Å². The van der Waals surface area contributed by atoms with E-state index < -0.39 is 11.7 Å². The Morgan fingerprint density at radius 2 is 1.71 bits per heavy atom. The van der Waals surface area contributed by atoms with Crippen LogP contribution in [0.4, 0.5) is 13.2 Å². The summed E-state index contributed by atoms with van der Waals surface area (Å²) < 4.78 is 39.0. The lowest BCUT2D eigenvalue weighted by atomic mass is 10.1. The summed E-state index contributed by atoms with van der Waals surface area (Å²) in [5.41, 5.74) is 0.471. The normalized spacial score (nSPS) is 11.4. The summed E-state index contributed by atoms with van der Waals surface area (Å²) in [6.07, 6.45) is -4.42. The zero-order chi connectivity index (χ0) is 17.7. The van der Waals surface area contributed by atoms with Crippen LogP contribution in [-0.4, -0.2) is 23.6 Å². The third-order valence-electron chi connectivity index (χ3n) is 3.60. The molecular formula is C18H18F3NOS. The van der Waals surface area contributed by atoms with Crippen molar-refractivity contribution in [3.05, 3.63) is 65.2 Å². The molecule has 0 N–H and O–H groups in total. The van der Waals surface area contributed by atoms with E-state index >= 15 is 0 Å². The van der Waals surface area contributed by atoms with Crippen LogP contribution in [0.2, 0.25) is 0 Å². The molecule has 0 atom stereocenters. The van der Waals surface area contributed by atoms with Crippen LogP contribution in [0.1, 0.15) is 16.7 Å². The molecule has 0 fully saturated rings. The maximum absolute atomic E-state index is 13.0. The number of carbonyl (C=O) groups excluding carboxylic acids is 1. The van der Waals surface area contributed by atoms with Gasteiger partial charge in [0.05, 0.1) is 11.3 Å². The molecule has 0 aliphatic carbocycles. The van der Waals surface area contributed by atoms with Crippen molar-refractivity contribution in [3.63, 3.8) is 0 Å². The number of alkyl halides is 3. The molecule has 0 aliphatic rings. The van der Waals surface area contributed by atoms with Crippen LogP contribution in [0.15, 0.2) is 53.4 Å². The summed E-state index contributed by atoms with van der Waals surface area (Å²) in [5.74, 6) is -0.0181. The number of hydrogen-bond acceptors (Lipinski definition) is 2. The summed E-state index contributed by atoms with van der Waals surface area (Å²) >= 11 is 1.39. The first-order valence-electron chi connectivity index (χ1n) is 7.36. The topological polar surface area (TPSA) is 20.3 Å². The molecule has 24 heavy (non-hydrogen) atoms. The monoisotopic (exact) mass is 353 g/mol. The minimum atomic E-state index is -4.42. The second-order valence-electron chi connectivity index (χ2n) is 5.46. The first kappa shape index (κ1) is 18.4. The lowest BCUT2D eigenvalue weighted by Crippen LogP contribution is -2.28. The molecule has 0 radical (unpaired) electrons. The zero-order valence-electron chi connectivity index (χ0n) is 13.4. The molecule has 2 nitrogen and oxygen atoms in total. The third-order valence-corrected chi connectivity index (χ3v) is 4.76. The molecule has 2 aromatic rings. The maximum Gasteiger partial charge on any atom is 0.416 e. The van der Waals surface area contributed by atoms with Crippen molar-refractivity contribution in [1.29, 1.82) is 0 Å². The standard InChI is InChI=1S/C18H18F3NOS/c1-13-7-3-6-10-16(13)24-12-17(23)22(2)11-14-8-4-5-9-15(14)18(19,20)21/h3-10H,11-12H2,1-2H3. The van der Waals surface area contributed by atoms with Crippen LogP contribution in [0.5, 0.6) is 0 Å². The minimum absolute atomic E-state index is 0.0666. The Morgan fingerprint density at radius 1 is 1.08 bits per heavy atom. The number of thioether (sulfide) groups is 1. The van der Waals surface area contributed by atoms with Gasteiger partial charge in [0.15, 0.2) is 0 Å². The molecule has 128 valence electrons. The van der Waals surface area contributed by atoms with E-state index in [1.165, 1.54) is 35.8 Å². The number of nitrogens with zero attached hydrogens (tertiary/aromatic N) is 1. The van der Waals surface area contributed by atoms with Crippen molar-refractivity contribution in [2.45, 2.75) is 24.5 Å². The number of halogens is 3. The SMILES string of the molecule is Cc1ccccc1SCC(=O)N(C)Cc1ccccc1C(F)(F)F. The van der Waals surface area contributed by atoms with Gasteiger partial charge in [0, 0.05) is 18.5 Å². The van der Waals surface area contributed by atoms with Gasteiger partial charge in [0.25, 0.3) is 0 Å². The minimum Gasteiger partial charge on any atom is -0.341 e. The van der Waals surface area contributed by atoms with E-state index in [2.05, 4.69) is 0 Å². The second kappa shape index (κ2) is 7.75. The first-order chi connectivity index (χ1) is 11.3. The fourth-order valence-electron chi connectivity index (χ4n) is 2.25. The molecule has 0 aliphatic heterocycles. The Balaban J connectivity index is 2.01. The van der Waals surface area contributed by atoms with Gasteiger partial charge in [-0.05, 0) is 30.2 Å². The lowest BCUT2D eigenvalue weighted by molar-refractivity contribution is -0.139. The summed E-state index contributed by atoms with van der Waals surface area (Å²) in [6.45, 7) is 1.89. The smallest absolute Gasteiger partial charge is 0.341 e. The average molecular weight is 353 g/mol. The lowest BCUT2D eigenvalue weighted by Gasteiger charge is -2.20. The summed E-state index contributed by atoms with van der Waals surface area (Å²) in [4.78, 5) is 14.5. The Bertz CT molecular complexity index is 715. The molecule has 1 amide bonds. The summed E-state index contributed by atoms with van der Waals surface area (Å²) in [7, 11) is 1.52. The van der Waals surface area contributed by atoms with Gasteiger partial charge in [-0.3, -0.25) is 4.79 Å². The van der Waals surface area contributed by atoms with Crippen molar-refractivity contribution < 1.29 is 18.0 Å². The molecule has 0 saturated carbocycles. The number of aryl methyl sites for hydroxylation is 1. The second-order valence-corrected chi connectivity index (χ2v) is 6.48. The highest BCUT2D eigenvalue weighted by molar-refractivity contribution is 8.00. The number of carbonyl (C=O) groups is 1. The molecule has 0 heterocycles. The summed E-state index contributed by atoms with van der Waals surface area (Å²) in [5, 5.41) is 0. The van der Waals surface area contributed by atoms with Crippen molar-refractivity contribution in [2.24, 2.45) is 0 Å². The molecule has 0 aromatic heterocycles. The van der Waals surface area contributed by atoms with E-state index in [1.807, 2.05) is 31.2 Å². The zero-order valence-corrected chi connectivity index (χ0v) is 14.2. The molecule has 6 heteroatoms. The first-order valence-corrected chi connectivity index (χ1v) is 8.35. The van der Waals surface area contributed by atoms with Gasteiger partial charge >= 0.3 is 6.18 Å². The quantitative estimate of drug-likeness (QED) is 0.722. The average Bonchev–Trinajstić information content (AvgIpc) is 2.53. The van der Waals surface area contributed by atoms with Gasteiger partial charge < -0.3 is 4.90 Å². The van der Waals surface area contributed by atoms with Gasteiger partial charge in [0.2, 0.25) is 5.91 Å². The highest BCUT2D eigenvalue weighted by Crippen LogP contribution is 2.32. The molecule has 2 rings (SSSR count). The number of amides is 1. The van der Waals surface area contributed by atoms with Gasteiger partial charge in [-0.25, -0.2) is 0 Å². The van der Waals surface area contributed by atoms with Crippen LogP contribution in [-0.2, 0) is 17.5 Å². The molecule has 0 spiro atoms. The molecule has 0 bridgehead atoms. The highest BCUT2D eigenvalue weighted by Gasteiger charge is 2.33. The Morgan fingerprint density at radius 3 is 2.38 bits per heavy atom. The largest absolute Gasteiger partial charge is 0.416 e. The van der Waals surface area contributed by atoms with Crippen LogP contribution in [0, 0.1) is 6.92 Å². The predicted molar refractivity (Wildman–Crippen MR) is 89.8 cm³/mol. The van der Waals surface area contributed by atoms with Crippen molar-refractivity contribution in [1.82, 2.24) is 4.90 Å². The van der Waals surface area contributed by atoms with Gasteiger partial charge in [-0.2, -0.15) is 13.2 Å². The maximum atomic E-state index is 13.0. The van der Waals surface area contributed by atoms with Crippen molar-refractivity contribution in [3.8, 4) is 0 Å².